The summed E-state index contributed by atoms with van der Waals surface area (Å²) >= 11 is 0. The summed E-state index contributed by atoms with van der Waals surface area (Å²) in [6.07, 6.45) is 1.73. The molecule has 0 radical (unpaired) electrons. The molecule has 8 rings (SSSR count). The number of benzene rings is 1. The lowest BCUT2D eigenvalue weighted by Crippen LogP contribution is -2.35. The molecule has 1 N–H and O–H groups in total. The number of aryl methyl sites for hydroxylation is 1. The smallest absolute Gasteiger partial charge is 0.444 e. The van der Waals surface area contributed by atoms with Crippen LogP contribution in [0.15, 0.2) is 48.8 Å². The first-order chi connectivity index (χ1) is 22.6. The molecule has 7 heterocycles. The van der Waals surface area contributed by atoms with Crippen molar-refractivity contribution in [2.24, 2.45) is 0 Å². The molecule has 2 fully saturated rings. The number of fused-ring (bicyclic) bond motifs is 2. The zero-order valence-electron chi connectivity index (χ0n) is 25.9. The first-order valence-electron chi connectivity index (χ1n) is 15.8. The van der Waals surface area contributed by atoms with Gasteiger partial charge in [-0.1, -0.05) is 12.1 Å². The van der Waals surface area contributed by atoms with E-state index in [1.165, 1.54) is 0 Å². The lowest BCUT2D eigenvalue weighted by Gasteiger charge is -2.33. The van der Waals surface area contributed by atoms with E-state index < -0.39 is 17.8 Å². The molecular formula is C33H33F3N8O3. The number of alkyl halides is 3. The highest BCUT2D eigenvalue weighted by atomic mass is 19.4. The fourth-order valence-electron chi connectivity index (χ4n) is 6.58. The maximum absolute atomic E-state index is 13.1. The Morgan fingerprint density at radius 3 is 2.55 bits per heavy atom. The van der Waals surface area contributed by atoms with Gasteiger partial charge in [-0.05, 0) is 69.5 Å². The maximum Gasteiger partial charge on any atom is 0.451 e. The SMILES string of the molecule is Cc1ccc(C2(C)Oc3cccc(C4CCN(Cc5nc6cc(-c7n[nH]c(C(F)(F)F)n7)ncc6n5C[C@@H]5CCO5)CC4)c3O2)cn1. The third kappa shape index (κ3) is 5.58. The standard InChI is InChI=1S/C33H33F3N8O3/c1-19-6-7-21(15-37-19)32(2)46-27-5-3-4-23(29(27)47-32)20-8-11-43(12-9-20)18-28-39-24-14-25(30-40-31(42-41-30)33(34,35)36)38-16-26(24)44(28)17-22-10-13-45-22/h3-7,14-16,20,22H,8-13,17-18H2,1-2H3,(H,40,41,42)/t22-,32?/m0/s1. The van der Waals surface area contributed by atoms with Gasteiger partial charge in [0.2, 0.25) is 5.82 Å². The predicted molar refractivity (Wildman–Crippen MR) is 164 cm³/mol. The molecule has 0 aliphatic carbocycles. The van der Waals surface area contributed by atoms with Crippen LogP contribution in [-0.4, -0.2) is 65.4 Å². The summed E-state index contributed by atoms with van der Waals surface area (Å²) in [5, 5.41) is 5.69. The summed E-state index contributed by atoms with van der Waals surface area (Å²) in [5.41, 5.74) is 4.59. The number of hydrogen-bond donors (Lipinski definition) is 1. The molecule has 0 saturated carbocycles. The molecule has 4 aromatic heterocycles. The average Bonchev–Trinajstić information content (AvgIpc) is 3.75. The van der Waals surface area contributed by atoms with Crippen LogP contribution in [0.5, 0.6) is 11.5 Å². The fraction of sp³-hybridized carbons (Fsp3) is 0.424. The Labute approximate surface area is 268 Å². The molecule has 3 aliphatic rings. The largest absolute Gasteiger partial charge is 0.451 e. The molecule has 14 heteroatoms. The third-order valence-corrected chi connectivity index (χ3v) is 9.32. The maximum atomic E-state index is 13.1. The minimum atomic E-state index is -4.62. The highest BCUT2D eigenvalue weighted by Gasteiger charge is 2.41. The number of nitrogens with one attached hydrogen (secondary N) is 1. The number of rotatable bonds is 7. The Hall–Kier alpha value is -4.56. The zero-order valence-corrected chi connectivity index (χ0v) is 25.9. The summed E-state index contributed by atoms with van der Waals surface area (Å²) in [6.45, 7) is 7.57. The Kier molecular flexibility index (Phi) is 7.17. The van der Waals surface area contributed by atoms with Gasteiger partial charge in [0.1, 0.15) is 11.5 Å². The van der Waals surface area contributed by atoms with Gasteiger partial charge in [-0.25, -0.2) is 9.97 Å². The number of imidazole rings is 1. The number of pyridine rings is 2. The number of nitrogens with zero attached hydrogens (tertiary/aromatic N) is 7. The van der Waals surface area contributed by atoms with Crippen LogP contribution in [0, 0.1) is 6.92 Å². The second kappa shape index (κ2) is 11.3. The second-order valence-corrected chi connectivity index (χ2v) is 12.5. The van der Waals surface area contributed by atoms with E-state index in [1.807, 2.05) is 43.2 Å². The number of likely N-dealkylation sites (tertiary alicyclic amines) is 1. The van der Waals surface area contributed by atoms with Crippen LogP contribution in [0.25, 0.3) is 22.6 Å². The number of H-pyrrole nitrogens is 1. The average molecular weight is 647 g/mol. The van der Waals surface area contributed by atoms with Crippen LogP contribution in [0.4, 0.5) is 13.2 Å². The van der Waals surface area contributed by atoms with Crippen LogP contribution in [0.1, 0.15) is 60.6 Å². The first-order valence-corrected chi connectivity index (χ1v) is 15.8. The number of aromatic nitrogens is 7. The van der Waals surface area contributed by atoms with E-state index in [4.69, 9.17) is 19.2 Å². The minimum Gasteiger partial charge on any atom is -0.444 e. The highest BCUT2D eigenvalue weighted by Crippen LogP contribution is 2.49. The van der Waals surface area contributed by atoms with Gasteiger partial charge in [0.15, 0.2) is 17.3 Å². The number of aromatic amines is 1. The Morgan fingerprint density at radius 2 is 1.85 bits per heavy atom. The van der Waals surface area contributed by atoms with E-state index in [0.717, 1.165) is 78.6 Å². The molecule has 0 spiro atoms. The topological polar surface area (TPSA) is 116 Å². The molecule has 0 bridgehead atoms. The van der Waals surface area contributed by atoms with Gasteiger partial charge in [0, 0.05) is 31.0 Å². The van der Waals surface area contributed by atoms with Gasteiger partial charge < -0.3 is 18.8 Å². The molecule has 5 aromatic rings. The number of hydrogen-bond acceptors (Lipinski definition) is 9. The van der Waals surface area contributed by atoms with Crippen LogP contribution in [0.3, 0.4) is 0 Å². The van der Waals surface area contributed by atoms with Crippen molar-refractivity contribution in [1.82, 2.24) is 39.6 Å². The van der Waals surface area contributed by atoms with Gasteiger partial charge >= 0.3 is 6.18 Å². The molecule has 2 atom stereocenters. The minimum absolute atomic E-state index is 0.0858. The number of para-hydroxylation sites is 1. The predicted octanol–water partition coefficient (Wildman–Crippen LogP) is 5.75. The number of piperidine rings is 1. The molecule has 0 amide bonds. The van der Waals surface area contributed by atoms with Crippen molar-refractivity contribution in [2.75, 3.05) is 19.7 Å². The van der Waals surface area contributed by atoms with Crippen LogP contribution < -0.4 is 9.47 Å². The third-order valence-electron chi connectivity index (χ3n) is 9.32. The van der Waals surface area contributed by atoms with Crippen molar-refractivity contribution >= 4 is 11.0 Å². The Balaban J connectivity index is 0.996. The first kappa shape index (κ1) is 29.8. The van der Waals surface area contributed by atoms with Gasteiger partial charge in [-0.2, -0.15) is 18.3 Å². The van der Waals surface area contributed by atoms with Crippen molar-refractivity contribution in [3.8, 4) is 23.0 Å². The highest BCUT2D eigenvalue weighted by molar-refractivity contribution is 5.78. The molecule has 244 valence electrons. The Bertz CT molecular complexity index is 1930. The van der Waals surface area contributed by atoms with Crippen LogP contribution in [0.2, 0.25) is 0 Å². The molecule has 11 nitrogen and oxygen atoms in total. The van der Waals surface area contributed by atoms with E-state index in [1.54, 1.807) is 18.5 Å². The molecule has 1 aromatic carbocycles. The molecule has 3 aliphatic heterocycles. The summed E-state index contributed by atoms with van der Waals surface area (Å²) in [4.78, 5) is 19.7. The number of ether oxygens (including phenoxy) is 3. The van der Waals surface area contributed by atoms with Crippen LogP contribution >= 0.6 is 0 Å². The number of halogens is 3. The molecule has 1 unspecified atom stereocenters. The summed E-state index contributed by atoms with van der Waals surface area (Å²) in [6, 6.07) is 11.7. The van der Waals surface area contributed by atoms with Gasteiger partial charge in [0.05, 0.1) is 42.0 Å². The van der Waals surface area contributed by atoms with Crippen molar-refractivity contribution in [1.29, 1.82) is 0 Å². The monoisotopic (exact) mass is 646 g/mol. The lowest BCUT2D eigenvalue weighted by molar-refractivity contribution is -0.144. The second-order valence-electron chi connectivity index (χ2n) is 12.5. The lowest BCUT2D eigenvalue weighted by atomic mass is 9.88. The Morgan fingerprint density at radius 1 is 1.02 bits per heavy atom. The van der Waals surface area contributed by atoms with Crippen molar-refractivity contribution in [3.63, 3.8) is 0 Å². The van der Waals surface area contributed by atoms with Crippen molar-refractivity contribution in [3.05, 3.63) is 77.3 Å². The summed E-state index contributed by atoms with van der Waals surface area (Å²) in [5.74, 6) is 0.478. The van der Waals surface area contributed by atoms with Crippen molar-refractivity contribution < 1.29 is 27.4 Å². The molecular weight excluding hydrogens is 613 g/mol. The van der Waals surface area contributed by atoms with E-state index in [-0.39, 0.29) is 17.6 Å². The van der Waals surface area contributed by atoms with Gasteiger partial charge in [0.25, 0.3) is 5.79 Å². The van der Waals surface area contributed by atoms with Crippen LogP contribution in [-0.2, 0) is 29.8 Å². The van der Waals surface area contributed by atoms with E-state index >= 15 is 0 Å². The van der Waals surface area contributed by atoms with Gasteiger partial charge in [-0.15, -0.1) is 0 Å². The van der Waals surface area contributed by atoms with E-state index in [2.05, 4.69) is 35.6 Å². The zero-order chi connectivity index (χ0) is 32.3. The summed E-state index contributed by atoms with van der Waals surface area (Å²) < 4.78 is 60.0. The van der Waals surface area contributed by atoms with Gasteiger partial charge in [-0.3, -0.25) is 20.0 Å². The summed E-state index contributed by atoms with van der Waals surface area (Å²) in [7, 11) is 0. The molecule has 2 saturated heterocycles. The molecule has 47 heavy (non-hydrogen) atoms. The normalized spacial score (nSPS) is 21.8. The fourth-order valence-corrected chi connectivity index (χ4v) is 6.58. The van der Waals surface area contributed by atoms with E-state index in [9.17, 15) is 13.2 Å². The van der Waals surface area contributed by atoms with E-state index in [0.29, 0.717) is 24.5 Å². The van der Waals surface area contributed by atoms with Crippen molar-refractivity contribution in [2.45, 2.75) is 70.2 Å². The quantitative estimate of drug-likeness (QED) is 0.236.